The molecule has 0 amide bonds. The van der Waals surface area contributed by atoms with Gasteiger partial charge in [-0.3, -0.25) is 0 Å². The molecule has 3 heteroatoms. The highest BCUT2D eigenvalue weighted by atomic mass is 19.1. The molecule has 0 aromatic carbocycles. The summed E-state index contributed by atoms with van der Waals surface area (Å²) in [5.74, 6) is -0.0363. The molecule has 0 aromatic rings. The van der Waals surface area contributed by atoms with Crippen molar-refractivity contribution in [2.24, 2.45) is 5.92 Å². The van der Waals surface area contributed by atoms with Crippen LogP contribution in [0.3, 0.4) is 0 Å². The van der Waals surface area contributed by atoms with Crippen molar-refractivity contribution in [2.75, 3.05) is 6.67 Å². The zero-order valence-electron chi connectivity index (χ0n) is 6.42. The third-order valence-corrected chi connectivity index (χ3v) is 1.65. The summed E-state index contributed by atoms with van der Waals surface area (Å²) in [6.45, 7) is 2.69. The summed E-state index contributed by atoms with van der Waals surface area (Å²) >= 11 is 0. The maximum absolute atomic E-state index is 11.7. The molecule has 0 fully saturated rings. The van der Waals surface area contributed by atoms with Crippen LogP contribution in [-0.2, 0) is 0 Å². The van der Waals surface area contributed by atoms with E-state index in [9.17, 15) is 4.39 Å². The average molecular weight is 150 g/mol. The van der Waals surface area contributed by atoms with Crippen molar-refractivity contribution in [2.45, 2.75) is 32.5 Å². The standard InChI is InChI=1S/C7H15FO2/c1-5(6(2)9)3-7(10)4-8/h5-7,9-10H,3-4H2,1-2H3. The summed E-state index contributed by atoms with van der Waals surface area (Å²) in [4.78, 5) is 0. The summed E-state index contributed by atoms with van der Waals surface area (Å²) in [7, 11) is 0. The van der Waals surface area contributed by atoms with Crippen LogP contribution in [0.5, 0.6) is 0 Å². The lowest BCUT2D eigenvalue weighted by Crippen LogP contribution is -2.21. The van der Waals surface area contributed by atoms with Crippen LogP contribution in [0.4, 0.5) is 4.39 Å². The van der Waals surface area contributed by atoms with Gasteiger partial charge in [0.25, 0.3) is 0 Å². The molecule has 3 unspecified atom stereocenters. The minimum atomic E-state index is -0.912. The molecular weight excluding hydrogens is 135 g/mol. The molecule has 3 atom stereocenters. The number of halogens is 1. The Balaban J connectivity index is 3.46. The largest absolute Gasteiger partial charge is 0.393 e. The van der Waals surface area contributed by atoms with Gasteiger partial charge in [-0.05, 0) is 19.3 Å². The molecule has 2 nitrogen and oxygen atoms in total. The molecule has 0 bridgehead atoms. The van der Waals surface area contributed by atoms with E-state index in [1.165, 1.54) is 0 Å². The molecule has 62 valence electrons. The fraction of sp³-hybridized carbons (Fsp3) is 1.00. The summed E-state index contributed by atoms with van der Waals surface area (Å²) in [6.07, 6.45) is -1.06. The van der Waals surface area contributed by atoms with Gasteiger partial charge < -0.3 is 10.2 Å². The molecule has 0 aliphatic rings. The number of hydrogen-bond donors (Lipinski definition) is 2. The second-order valence-electron chi connectivity index (χ2n) is 2.76. The lowest BCUT2D eigenvalue weighted by Gasteiger charge is -2.16. The van der Waals surface area contributed by atoms with Crippen molar-refractivity contribution >= 4 is 0 Å². The minimum Gasteiger partial charge on any atom is -0.393 e. The topological polar surface area (TPSA) is 40.5 Å². The van der Waals surface area contributed by atoms with Gasteiger partial charge >= 0.3 is 0 Å². The van der Waals surface area contributed by atoms with Crippen molar-refractivity contribution in [1.82, 2.24) is 0 Å². The molecule has 0 saturated carbocycles. The van der Waals surface area contributed by atoms with Crippen LogP contribution in [0, 0.1) is 5.92 Å². The molecule has 0 aromatic heterocycles. The second-order valence-corrected chi connectivity index (χ2v) is 2.76. The van der Waals surface area contributed by atoms with Gasteiger partial charge in [0.1, 0.15) is 6.67 Å². The summed E-state index contributed by atoms with van der Waals surface area (Å²) in [5, 5.41) is 17.7. The molecule has 2 N–H and O–H groups in total. The fourth-order valence-electron chi connectivity index (χ4n) is 0.689. The van der Waals surface area contributed by atoms with Crippen molar-refractivity contribution < 1.29 is 14.6 Å². The molecule has 0 aliphatic carbocycles. The van der Waals surface area contributed by atoms with Gasteiger partial charge in [0.15, 0.2) is 0 Å². The highest BCUT2D eigenvalue weighted by Crippen LogP contribution is 2.10. The Kier molecular flexibility index (Phi) is 4.56. The van der Waals surface area contributed by atoms with Gasteiger partial charge in [-0.15, -0.1) is 0 Å². The SMILES string of the molecule is CC(O)C(C)CC(O)CF. The smallest absolute Gasteiger partial charge is 0.115 e. The van der Waals surface area contributed by atoms with E-state index in [2.05, 4.69) is 0 Å². The lowest BCUT2D eigenvalue weighted by molar-refractivity contribution is 0.0671. The van der Waals surface area contributed by atoms with E-state index in [1.54, 1.807) is 13.8 Å². The molecule has 0 saturated heterocycles. The van der Waals surface area contributed by atoms with Crippen LogP contribution in [0.15, 0.2) is 0 Å². The van der Waals surface area contributed by atoms with E-state index >= 15 is 0 Å². The van der Waals surface area contributed by atoms with E-state index in [0.717, 1.165) is 0 Å². The zero-order chi connectivity index (χ0) is 8.15. The first-order chi connectivity index (χ1) is 4.57. The Bertz CT molecular complexity index is 85.7. The number of aliphatic hydroxyl groups is 2. The van der Waals surface area contributed by atoms with E-state index in [4.69, 9.17) is 10.2 Å². The normalized spacial score (nSPS) is 20.1. The van der Waals surface area contributed by atoms with Crippen molar-refractivity contribution in [3.63, 3.8) is 0 Å². The highest BCUT2D eigenvalue weighted by Gasteiger charge is 2.13. The van der Waals surface area contributed by atoms with Gasteiger partial charge in [0.05, 0.1) is 12.2 Å². The molecule has 0 radical (unpaired) electrons. The first kappa shape index (κ1) is 9.85. The third-order valence-electron chi connectivity index (χ3n) is 1.65. The lowest BCUT2D eigenvalue weighted by atomic mass is 9.99. The van der Waals surface area contributed by atoms with Crippen LogP contribution in [0.25, 0.3) is 0 Å². The molecular formula is C7H15FO2. The summed E-state index contributed by atoms with van der Waals surface area (Å²) in [5.41, 5.74) is 0. The first-order valence-electron chi connectivity index (χ1n) is 3.50. The van der Waals surface area contributed by atoms with Crippen molar-refractivity contribution in [3.8, 4) is 0 Å². The second kappa shape index (κ2) is 4.63. The number of alkyl halides is 1. The maximum atomic E-state index is 11.7. The van der Waals surface area contributed by atoms with E-state index in [-0.39, 0.29) is 5.92 Å². The summed E-state index contributed by atoms with van der Waals surface area (Å²) < 4.78 is 11.7. The Morgan fingerprint density at radius 2 is 1.80 bits per heavy atom. The number of aliphatic hydroxyl groups excluding tert-OH is 2. The zero-order valence-corrected chi connectivity index (χ0v) is 6.42. The fourth-order valence-corrected chi connectivity index (χ4v) is 0.689. The van der Waals surface area contributed by atoms with E-state index in [0.29, 0.717) is 6.42 Å². The monoisotopic (exact) mass is 150 g/mol. The number of hydrogen-bond acceptors (Lipinski definition) is 2. The molecule has 0 spiro atoms. The van der Waals surface area contributed by atoms with E-state index in [1.807, 2.05) is 0 Å². The van der Waals surface area contributed by atoms with Crippen LogP contribution < -0.4 is 0 Å². The van der Waals surface area contributed by atoms with Gasteiger partial charge in [-0.2, -0.15) is 0 Å². The molecule has 0 heterocycles. The van der Waals surface area contributed by atoms with Crippen LogP contribution in [0.2, 0.25) is 0 Å². The predicted molar refractivity (Wildman–Crippen MR) is 37.4 cm³/mol. The molecule has 0 aliphatic heterocycles. The maximum Gasteiger partial charge on any atom is 0.115 e. The van der Waals surface area contributed by atoms with Gasteiger partial charge in [-0.1, -0.05) is 6.92 Å². The quantitative estimate of drug-likeness (QED) is 0.620. The van der Waals surface area contributed by atoms with Gasteiger partial charge in [0.2, 0.25) is 0 Å². The Morgan fingerprint density at radius 1 is 1.30 bits per heavy atom. The van der Waals surface area contributed by atoms with Crippen molar-refractivity contribution in [3.05, 3.63) is 0 Å². The van der Waals surface area contributed by atoms with Crippen LogP contribution in [0.1, 0.15) is 20.3 Å². The Hall–Kier alpha value is -0.150. The van der Waals surface area contributed by atoms with Crippen LogP contribution in [-0.4, -0.2) is 29.1 Å². The van der Waals surface area contributed by atoms with Gasteiger partial charge in [0, 0.05) is 0 Å². The average Bonchev–Trinajstić information content (AvgIpc) is 1.87. The molecule has 0 rings (SSSR count). The Morgan fingerprint density at radius 3 is 2.10 bits per heavy atom. The van der Waals surface area contributed by atoms with Crippen LogP contribution >= 0.6 is 0 Å². The Labute approximate surface area is 60.7 Å². The summed E-state index contributed by atoms with van der Waals surface area (Å²) in [6, 6.07) is 0. The number of rotatable bonds is 4. The predicted octanol–water partition coefficient (Wildman–Crippen LogP) is 0.724. The van der Waals surface area contributed by atoms with Crippen molar-refractivity contribution in [1.29, 1.82) is 0 Å². The van der Waals surface area contributed by atoms with E-state index < -0.39 is 18.9 Å². The first-order valence-corrected chi connectivity index (χ1v) is 3.50. The third kappa shape index (κ3) is 3.80. The minimum absolute atomic E-state index is 0.0363. The highest BCUT2D eigenvalue weighted by molar-refractivity contribution is 4.64. The molecule has 10 heavy (non-hydrogen) atoms. The van der Waals surface area contributed by atoms with Gasteiger partial charge in [-0.25, -0.2) is 4.39 Å².